The number of alkyl halides is 2. The molecule has 0 bridgehead atoms. The van der Waals surface area contributed by atoms with E-state index in [1.165, 1.54) is 13.0 Å². The van der Waals surface area contributed by atoms with Crippen molar-refractivity contribution in [3.63, 3.8) is 0 Å². The highest BCUT2D eigenvalue weighted by Crippen LogP contribution is 2.26. The van der Waals surface area contributed by atoms with Crippen LogP contribution in [0, 0.1) is 12.9 Å². The van der Waals surface area contributed by atoms with Crippen molar-refractivity contribution in [1.29, 1.82) is 0 Å². The van der Waals surface area contributed by atoms with Crippen LogP contribution < -0.4 is 5.73 Å². The Kier molecular flexibility index (Phi) is 2.21. The lowest BCUT2D eigenvalue weighted by atomic mass is 10.2. The zero-order valence-corrected chi connectivity index (χ0v) is 6.31. The number of aromatic nitrogens is 1. The van der Waals surface area contributed by atoms with Gasteiger partial charge in [-0.15, -0.1) is 0 Å². The Hall–Kier alpha value is -1.26. The highest BCUT2D eigenvalue weighted by atomic mass is 19.3. The second-order valence-corrected chi connectivity index (χ2v) is 2.36. The molecular weight excluding hydrogens is 169 g/mol. The van der Waals surface area contributed by atoms with Crippen LogP contribution in [0.2, 0.25) is 0 Å². The average Bonchev–Trinajstić information content (AvgIpc) is 1.82. The van der Waals surface area contributed by atoms with Gasteiger partial charge >= 0.3 is 0 Å². The Bertz CT molecular complexity index is 276. The van der Waals surface area contributed by atoms with E-state index in [-0.39, 0.29) is 11.4 Å². The van der Waals surface area contributed by atoms with Gasteiger partial charge in [0.1, 0.15) is 0 Å². The number of anilines is 1. The fraction of sp³-hybridized carbons (Fsp3) is 0.286. The number of aryl methyl sites for hydroxylation is 1. The van der Waals surface area contributed by atoms with Crippen LogP contribution in [0.5, 0.6) is 0 Å². The molecule has 0 unspecified atom stereocenters. The molecule has 66 valence electrons. The van der Waals surface area contributed by atoms with Gasteiger partial charge in [-0.05, 0) is 13.0 Å². The second kappa shape index (κ2) is 3.00. The van der Waals surface area contributed by atoms with Gasteiger partial charge < -0.3 is 5.73 Å². The van der Waals surface area contributed by atoms with Gasteiger partial charge in [-0.25, -0.2) is 13.8 Å². The van der Waals surface area contributed by atoms with Crippen LogP contribution in [0.3, 0.4) is 0 Å². The third-order valence-electron chi connectivity index (χ3n) is 1.39. The summed E-state index contributed by atoms with van der Waals surface area (Å²) in [5, 5.41) is 0. The molecule has 5 heteroatoms. The zero-order valence-electron chi connectivity index (χ0n) is 6.31. The molecule has 1 heterocycles. The molecule has 2 N–H and O–H groups in total. The van der Waals surface area contributed by atoms with E-state index in [1.54, 1.807) is 0 Å². The van der Waals surface area contributed by atoms with Gasteiger partial charge in [-0.1, -0.05) is 0 Å². The topological polar surface area (TPSA) is 38.9 Å². The minimum atomic E-state index is -2.92. The van der Waals surface area contributed by atoms with E-state index in [4.69, 9.17) is 5.73 Å². The lowest BCUT2D eigenvalue weighted by molar-refractivity contribution is 0.146. The summed E-state index contributed by atoms with van der Waals surface area (Å²) in [7, 11) is 0. The molecule has 0 aliphatic heterocycles. The molecule has 0 amide bonds. The molecule has 0 spiro atoms. The fourth-order valence-electron chi connectivity index (χ4n) is 0.885. The van der Waals surface area contributed by atoms with Crippen molar-refractivity contribution in [2.45, 2.75) is 13.3 Å². The zero-order chi connectivity index (χ0) is 9.30. The highest BCUT2D eigenvalue weighted by molar-refractivity contribution is 5.47. The van der Waals surface area contributed by atoms with Crippen LogP contribution >= 0.6 is 0 Å². The predicted octanol–water partition coefficient (Wildman–Crippen LogP) is 2.05. The number of pyridine rings is 1. The second-order valence-electron chi connectivity index (χ2n) is 2.36. The molecular formula is C7H7F3N2. The highest BCUT2D eigenvalue weighted by Gasteiger charge is 2.18. The van der Waals surface area contributed by atoms with Crippen molar-refractivity contribution in [2.75, 3.05) is 5.73 Å². The number of nitrogens with zero attached hydrogens (tertiary/aromatic N) is 1. The van der Waals surface area contributed by atoms with E-state index >= 15 is 0 Å². The maximum atomic E-state index is 12.7. The predicted molar refractivity (Wildman–Crippen MR) is 38.3 cm³/mol. The van der Waals surface area contributed by atoms with Crippen LogP contribution in [-0.4, -0.2) is 4.98 Å². The summed E-state index contributed by atoms with van der Waals surface area (Å²) < 4.78 is 36.8. The molecule has 0 aromatic carbocycles. The minimum absolute atomic E-state index is 0.255. The van der Waals surface area contributed by atoms with Crippen molar-refractivity contribution < 1.29 is 13.2 Å². The summed E-state index contributed by atoms with van der Waals surface area (Å²) in [5.74, 6) is -1.19. The number of hydrogen-bond donors (Lipinski definition) is 1. The Morgan fingerprint density at radius 1 is 1.50 bits per heavy atom. The molecule has 0 radical (unpaired) electrons. The van der Waals surface area contributed by atoms with Crippen LogP contribution in [0.1, 0.15) is 17.7 Å². The Morgan fingerprint density at radius 3 is 2.50 bits per heavy atom. The third kappa shape index (κ3) is 1.49. The van der Waals surface area contributed by atoms with Crippen molar-refractivity contribution in [3.05, 3.63) is 23.3 Å². The van der Waals surface area contributed by atoms with E-state index in [2.05, 4.69) is 4.98 Å². The van der Waals surface area contributed by atoms with Gasteiger partial charge in [0.2, 0.25) is 5.95 Å². The molecule has 0 aliphatic carbocycles. The van der Waals surface area contributed by atoms with Crippen molar-refractivity contribution >= 4 is 5.69 Å². The average molecular weight is 176 g/mol. The summed E-state index contributed by atoms with van der Waals surface area (Å²) >= 11 is 0. The van der Waals surface area contributed by atoms with Crippen molar-refractivity contribution in [3.8, 4) is 0 Å². The number of hydrogen-bond acceptors (Lipinski definition) is 2. The van der Waals surface area contributed by atoms with Gasteiger partial charge in [-0.2, -0.15) is 4.39 Å². The fourth-order valence-corrected chi connectivity index (χ4v) is 0.885. The molecule has 0 fully saturated rings. The molecule has 0 saturated heterocycles. The van der Waals surface area contributed by atoms with E-state index in [1.807, 2.05) is 0 Å². The SMILES string of the molecule is Cc1cc(N)c(C(F)F)c(F)n1. The van der Waals surface area contributed by atoms with Gasteiger partial charge in [0, 0.05) is 11.4 Å². The Balaban J connectivity index is 3.28. The first-order valence-corrected chi connectivity index (χ1v) is 3.23. The van der Waals surface area contributed by atoms with Gasteiger partial charge in [0.15, 0.2) is 0 Å². The van der Waals surface area contributed by atoms with Gasteiger partial charge in [0.25, 0.3) is 6.43 Å². The first-order chi connectivity index (χ1) is 5.52. The van der Waals surface area contributed by atoms with Crippen molar-refractivity contribution in [2.24, 2.45) is 0 Å². The largest absolute Gasteiger partial charge is 0.398 e. The van der Waals surface area contributed by atoms with Crippen LogP contribution in [-0.2, 0) is 0 Å². The monoisotopic (exact) mass is 176 g/mol. The van der Waals surface area contributed by atoms with Gasteiger partial charge in [-0.3, -0.25) is 0 Å². The first-order valence-electron chi connectivity index (χ1n) is 3.23. The number of halogens is 3. The number of rotatable bonds is 1. The minimum Gasteiger partial charge on any atom is -0.398 e. The molecule has 2 nitrogen and oxygen atoms in total. The van der Waals surface area contributed by atoms with Crippen molar-refractivity contribution in [1.82, 2.24) is 4.98 Å². The van der Waals surface area contributed by atoms with E-state index in [9.17, 15) is 13.2 Å². The summed E-state index contributed by atoms with van der Waals surface area (Å²) in [4.78, 5) is 3.23. The maximum absolute atomic E-state index is 12.7. The quantitative estimate of drug-likeness (QED) is 0.665. The first kappa shape index (κ1) is 8.83. The molecule has 12 heavy (non-hydrogen) atoms. The molecule has 1 aromatic rings. The Morgan fingerprint density at radius 2 is 2.08 bits per heavy atom. The Labute approximate surface area is 67.2 Å². The lowest BCUT2D eigenvalue weighted by Gasteiger charge is -2.05. The van der Waals surface area contributed by atoms with E-state index < -0.39 is 17.9 Å². The standard InChI is InChI=1S/C7H7F3N2/c1-3-2-4(11)5(6(8)9)7(10)12-3/h2,6H,1H3,(H2,11,12). The molecule has 0 atom stereocenters. The third-order valence-corrected chi connectivity index (χ3v) is 1.39. The number of nitrogens with two attached hydrogens (primary N) is 1. The smallest absolute Gasteiger partial charge is 0.270 e. The summed E-state index contributed by atoms with van der Waals surface area (Å²) in [6.07, 6.45) is -2.92. The van der Waals surface area contributed by atoms with E-state index in [0.717, 1.165) is 0 Å². The van der Waals surface area contributed by atoms with Crippen LogP contribution in [0.25, 0.3) is 0 Å². The molecule has 1 rings (SSSR count). The molecule has 1 aromatic heterocycles. The number of nitrogen functional groups attached to an aromatic ring is 1. The molecule has 0 aliphatic rings. The van der Waals surface area contributed by atoms with E-state index in [0.29, 0.717) is 0 Å². The van der Waals surface area contributed by atoms with Crippen LogP contribution in [0.4, 0.5) is 18.9 Å². The normalized spacial score (nSPS) is 10.8. The van der Waals surface area contributed by atoms with Crippen LogP contribution in [0.15, 0.2) is 6.07 Å². The summed E-state index contributed by atoms with van der Waals surface area (Å²) in [6.45, 7) is 1.48. The summed E-state index contributed by atoms with van der Waals surface area (Å²) in [6, 6.07) is 1.21. The summed E-state index contributed by atoms with van der Waals surface area (Å²) in [5.41, 5.74) is 4.38. The van der Waals surface area contributed by atoms with Gasteiger partial charge in [0.05, 0.1) is 5.56 Å². The molecule has 0 saturated carbocycles. The maximum Gasteiger partial charge on any atom is 0.270 e. The lowest BCUT2D eigenvalue weighted by Crippen LogP contribution is -2.02.